The zero-order chi connectivity index (χ0) is 17.5. The Balaban J connectivity index is 2.31. The predicted octanol–water partition coefficient (Wildman–Crippen LogP) is 2.54. The van der Waals surface area contributed by atoms with Gasteiger partial charge in [0.05, 0.1) is 17.7 Å². The number of carbonyl (C=O) groups is 1. The van der Waals surface area contributed by atoms with E-state index in [0.717, 1.165) is 6.07 Å². The van der Waals surface area contributed by atoms with Crippen LogP contribution in [0.5, 0.6) is 5.75 Å². The number of rotatable bonds is 5. The number of hydrogen-bond donors (Lipinski definition) is 1. The van der Waals surface area contributed by atoms with Crippen LogP contribution >= 0.6 is 0 Å². The molecule has 0 saturated heterocycles. The summed E-state index contributed by atoms with van der Waals surface area (Å²) < 4.78 is 5.06. The van der Waals surface area contributed by atoms with E-state index >= 15 is 0 Å². The first-order valence-electron chi connectivity index (χ1n) is 6.70. The summed E-state index contributed by atoms with van der Waals surface area (Å²) in [5, 5.41) is 22.5. The van der Waals surface area contributed by atoms with Gasteiger partial charge >= 0.3 is 0 Å². The first kappa shape index (κ1) is 16.6. The van der Waals surface area contributed by atoms with Crippen molar-refractivity contribution in [3.8, 4) is 11.8 Å². The van der Waals surface area contributed by atoms with Crippen LogP contribution in [0.4, 0.5) is 11.4 Å². The van der Waals surface area contributed by atoms with E-state index in [9.17, 15) is 20.2 Å². The molecule has 1 heterocycles. The van der Waals surface area contributed by atoms with Gasteiger partial charge in [0.1, 0.15) is 17.4 Å². The maximum absolute atomic E-state index is 12.3. The number of non-ortho nitro benzene ring substituents is 1. The molecular weight excluding hydrogens is 312 g/mol. The van der Waals surface area contributed by atoms with Crippen LogP contribution in [0.3, 0.4) is 0 Å². The molecule has 0 unspecified atom stereocenters. The van der Waals surface area contributed by atoms with E-state index in [4.69, 9.17) is 4.74 Å². The van der Waals surface area contributed by atoms with Gasteiger partial charge in [0.2, 0.25) is 0 Å². The van der Waals surface area contributed by atoms with Crippen molar-refractivity contribution in [1.29, 1.82) is 5.26 Å². The van der Waals surface area contributed by atoms with Crippen molar-refractivity contribution in [1.82, 2.24) is 4.98 Å². The van der Waals surface area contributed by atoms with Crippen LogP contribution in [0.15, 0.2) is 48.3 Å². The van der Waals surface area contributed by atoms with Crippen molar-refractivity contribution in [2.75, 3.05) is 12.4 Å². The summed E-state index contributed by atoms with van der Waals surface area (Å²) >= 11 is 0. The van der Waals surface area contributed by atoms with E-state index in [1.807, 2.05) is 0 Å². The predicted molar refractivity (Wildman–Crippen MR) is 86.1 cm³/mol. The van der Waals surface area contributed by atoms with Gasteiger partial charge in [-0.25, -0.2) is 0 Å². The maximum atomic E-state index is 12.3. The van der Waals surface area contributed by atoms with Crippen LogP contribution in [0.2, 0.25) is 0 Å². The van der Waals surface area contributed by atoms with E-state index in [-0.39, 0.29) is 22.7 Å². The average molecular weight is 324 g/mol. The lowest BCUT2D eigenvalue weighted by atomic mass is 10.1. The van der Waals surface area contributed by atoms with Crippen LogP contribution in [-0.4, -0.2) is 22.9 Å². The molecule has 2 aromatic rings. The van der Waals surface area contributed by atoms with Gasteiger partial charge < -0.3 is 10.1 Å². The Morgan fingerprint density at radius 3 is 2.67 bits per heavy atom. The van der Waals surface area contributed by atoms with Crippen molar-refractivity contribution in [2.45, 2.75) is 0 Å². The second-order valence-electron chi connectivity index (χ2n) is 4.55. The number of ether oxygens (including phenoxy) is 1. The molecule has 1 amide bonds. The lowest BCUT2D eigenvalue weighted by Gasteiger charge is -2.09. The highest BCUT2D eigenvalue weighted by atomic mass is 16.6. The fourth-order valence-corrected chi connectivity index (χ4v) is 1.87. The van der Waals surface area contributed by atoms with Crippen LogP contribution in [0.25, 0.3) is 6.08 Å². The van der Waals surface area contributed by atoms with Crippen molar-refractivity contribution in [3.63, 3.8) is 0 Å². The van der Waals surface area contributed by atoms with Gasteiger partial charge in [-0.15, -0.1) is 0 Å². The topological polar surface area (TPSA) is 118 Å². The number of nitrogens with zero attached hydrogens (tertiary/aromatic N) is 3. The third kappa shape index (κ3) is 3.92. The SMILES string of the molecule is COc1ccc([N+](=O)[O-])cc1NC(=O)/C(C#N)=C/c1ccncc1. The number of nitro groups is 1. The largest absolute Gasteiger partial charge is 0.495 e. The highest BCUT2D eigenvalue weighted by molar-refractivity contribution is 6.10. The summed E-state index contributed by atoms with van der Waals surface area (Å²) in [7, 11) is 1.37. The van der Waals surface area contributed by atoms with Crippen LogP contribution in [-0.2, 0) is 4.79 Å². The minimum atomic E-state index is -0.701. The molecule has 1 aromatic carbocycles. The van der Waals surface area contributed by atoms with Gasteiger partial charge in [0.15, 0.2) is 0 Å². The Morgan fingerprint density at radius 1 is 1.38 bits per heavy atom. The van der Waals surface area contributed by atoms with Crippen LogP contribution in [0.1, 0.15) is 5.56 Å². The molecule has 0 aliphatic heterocycles. The standard InChI is InChI=1S/C16H12N4O4/c1-24-15-3-2-13(20(22)23)9-14(15)19-16(21)12(10-17)8-11-4-6-18-7-5-11/h2-9H,1H3,(H,19,21)/b12-8+. The number of benzene rings is 1. The molecule has 8 heteroatoms. The van der Waals surface area contributed by atoms with Crippen molar-refractivity contribution >= 4 is 23.4 Å². The number of aromatic nitrogens is 1. The molecule has 0 saturated carbocycles. The number of nitrogens with one attached hydrogen (secondary N) is 1. The number of methoxy groups -OCH3 is 1. The molecule has 2 rings (SSSR count). The summed E-state index contributed by atoms with van der Waals surface area (Å²) in [6.45, 7) is 0. The quantitative estimate of drug-likeness (QED) is 0.391. The molecule has 8 nitrogen and oxygen atoms in total. The van der Waals surface area contributed by atoms with Crippen molar-refractivity contribution in [3.05, 3.63) is 64.0 Å². The molecule has 24 heavy (non-hydrogen) atoms. The van der Waals surface area contributed by atoms with Gasteiger partial charge in [-0.2, -0.15) is 5.26 Å². The summed E-state index contributed by atoms with van der Waals surface area (Å²) in [4.78, 5) is 26.4. The van der Waals surface area contributed by atoms with Crippen molar-refractivity contribution in [2.24, 2.45) is 0 Å². The van der Waals surface area contributed by atoms with E-state index < -0.39 is 10.8 Å². The smallest absolute Gasteiger partial charge is 0.271 e. The highest BCUT2D eigenvalue weighted by Gasteiger charge is 2.16. The second kappa shape index (κ2) is 7.51. The zero-order valence-corrected chi connectivity index (χ0v) is 12.6. The number of anilines is 1. The number of amides is 1. The molecule has 1 N–H and O–H groups in total. The van der Waals surface area contributed by atoms with Gasteiger partial charge in [0.25, 0.3) is 11.6 Å². The lowest BCUT2D eigenvalue weighted by molar-refractivity contribution is -0.384. The third-order valence-corrected chi connectivity index (χ3v) is 3.02. The first-order chi connectivity index (χ1) is 11.5. The van der Waals surface area contributed by atoms with Crippen LogP contribution in [0, 0.1) is 21.4 Å². The molecular formula is C16H12N4O4. The average Bonchev–Trinajstić information content (AvgIpc) is 2.60. The van der Waals surface area contributed by atoms with Gasteiger partial charge in [0, 0.05) is 24.5 Å². The number of hydrogen-bond acceptors (Lipinski definition) is 6. The lowest BCUT2D eigenvalue weighted by Crippen LogP contribution is -2.14. The van der Waals surface area contributed by atoms with Gasteiger partial charge in [-0.3, -0.25) is 19.9 Å². The Hall–Kier alpha value is -3.73. The number of carbonyl (C=O) groups excluding carboxylic acids is 1. The normalized spacial score (nSPS) is 10.6. The molecule has 0 radical (unpaired) electrons. The maximum Gasteiger partial charge on any atom is 0.271 e. The molecule has 0 fully saturated rings. The minimum Gasteiger partial charge on any atom is -0.495 e. The number of pyridine rings is 1. The number of nitro benzene ring substituents is 1. The molecule has 0 aliphatic carbocycles. The highest BCUT2D eigenvalue weighted by Crippen LogP contribution is 2.29. The van der Waals surface area contributed by atoms with E-state index in [2.05, 4.69) is 10.3 Å². The Bertz CT molecular complexity index is 841. The summed E-state index contributed by atoms with van der Waals surface area (Å²) in [5.74, 6) is -0.455. The first-order valence-corrected chi connectivity index (χ1v) is 6.70. The Kier molecular flexibility index (Phi) is 5.20. The molecule has 120 valence electrons. The Morgan fingerprint density at radius 2 is 2.08 bits per heavy atom. The monoisotopic (exact) mass is 324 g/mol. The molecule has 0 atom stereocenters. The summed E-state index contributed by atoms with van der Waals surface area (Å²) in [5.41, 5.74) is 0.368. The van der Waals surface area contributed by atoms with Gasteiger partial charge in [-0.05, 0) is 29.8 Å². The van der Waals surface area contributed by atoms with E-state index in [1.165, 1.54) is 37.7 Å². The summed E-state index contributed by atoms with van der Waals surface area (Å²) in [6.07, 6.45) is 4.45. The molecule has 0 bridgehead atoms. The van der Waals surface area contributed by atoms with Gasteiger partial charge in [-0.1, -0.05) is 0 Å². The molecule has 0 aliphatic rings. The molecule has 1 aromatic heterocycles. The number of nitriles is 1. The van der Waals surface area contributed by atoms with E-state index in [1.54, 1.807) is 18.2 Å². The summed E-state index contributed by atoms with van der Waals surface area (Å²) in [6, 6.07) is 8.86. The Labute approximate surface area is 137 Å². The second-order valence-corrected chi connectivity index (χ2v) is 4.55. The molecule has 0 spiro atoms. The van der Waals surface area contributed by atoms with E-state index in [0.29, 0.717) is 5.56 Å². The zero-order valence-electron chi connectivity index (χ0n) is 12.6. The third-order valence-electron chi connectivity index (χ3n) is 3.02. The fourth-order valence-electron chi connectivity index (χ4n) is 1.87. The van der Waals surface area contributed by atoms with Crippen molar-refractivity contribution < 1.29 is 14.5 Å². The van der Waals surface area contributed by atoms with Crippen LogP contribution < -0.4 is 10.1 Å². The minimum absolute atomic E-state index is 0.104. The fraction of sp³-hybridized carbons (Fsp3) is 0.0625.